The normalized spacial score (nSPS) is 10.9. The molecule has 0 amide bonds. The summed E-state index contributed by atoms with van der Waals surface area (Å²) in [5.41, 5.74) is 3.86. The van der Waals surface area contributed by atoms with Crippen LogP contribution in [0.4, 0.5) is 4.39 Å². The number of aromatic nitrogens is 2. The van der Waals surface area contributed by atoms with E-state index in [1.165, 1.54) is 11.6 Å². The molecule has 0 saturated heterocycles. The summed E-state index contributed by atoms with van der Waals surface area (Å²) in [5, 5.41) is 3.14. The van der Waals surface area contributed by atoms with Crippen LogP contribution in [0.25, 0.3) is 0 Å². The molecule has 1 aromatic heterocycles. The topological polar surface area (TPSA) is 37.8 Å². The van der Waals surface area contributed by atoms with Gasteiger partial charge >= 0.3 is 0 Å². The fraction of sp³-hybridized carbons (Fsp3) is 0.412. The Morgan fingerprint density at radius 3 is 2.38 bits per heavy atom. The lowest BCUT2D eigenvalue weighted by Crippen LogP contribution is -2.11. The van der Waals surface area contributed by atoms with Gasteiger partial charge in [-0.3, -0.25) is 0 Å². The molecular formula is C17H22FN3. The molecule has 1 N–H and O–H groups in total. The number of nitrogens with zero attached hydrogens (tertiary/aromatic N) is 2. The Morgan fingerprint density at radius 1 is 1.10 bits per heavy atom. The molecule has 0 atom stereocenters. The van der Waals surface area contributed by atoms with Gasteiger partial charge in [0.15, 0.2) is 0 Å². The van der Waals surface area contributed by atoms with Gasteiger partial charge in [0.2, 0.25) is 0 Å². The summed E-state index contributed by atoms with van der Waals surface area (Å²) in [5.74, 6) is 0.488. The van der Waals surface area contributed by atoms with Gasteiger partial charge in [-0.25, -0.2) is 14.4 Å². The van der Waals surface area contributed by atoms with Gasteiger partial charge in [0.1, 0.15) is 11.6 Å². The molecule has 1 aromatic carbocycles. The highest BCUT2D eigenvalue weighted by atomic mass is 19.1. The largest absolute Gasteiger partial charge is 0.320 e. The summed E-state index contributed by atoms with van der Waals surface area (Å²) < 4.78 is 13.7. The van der Waals surface area contributed by atoms with E-state index < -0.39 is 0 Å². The fourth-order valence-electron chi connectivity index (χ4n) is 2.50. The SMILES string of the molecule is CNCCCc1c(C)nc(Cc2ccccc2F)nc1C. The molecule has 4 heteroatoms. The van der Waals surface area contributed by atoms with Gasteiger partial charge in [0.25, 0.3) is 0 Å². The van der Waals surface area contributed by atoms with Gasteiger partial charge < -0.3 is 5.32 Å². The molecular weight excluding hydrogens is 265 g/mol. The Hall–Kier alpha value is -1.81. The van der Waals surface area contributed by atoms with E-state index in [0.717, 1.165) is 30.8 Å². The number of benzene rings is 1. The average Bonchev–Trinajstić information content (AvgIpc) is 2.44. The summed E-state index contributed by atoms with van der Waals surface area (Å²) in [6.45, 7) is 5.00. The van der Waals surface area contributed by atoms with Gasteiger partial charge in [-0.15, -0.1) is 0 Å². The zero-order chi connectivity index (χ0) is 15.2. The first kappa shape index (κ1) is 15.6. The van der Waals surface area contributed by atoms with Crippen molar-refractivity contribution in [2.45, 2.75) is 33.1 Å². The van der Waals surface area contributed by atoms with Crippen LogP contribution in [0.3, 0.4) is 0 Å². The lowest BCUT2D eigenvalue weighted by molar-refractivity contribution is 0.611. The van der Waals surface area contributed by atoms with Crippen LogP contribution in [0, 0.1) is 19.7 Å². The van der Waals surface area contributed by atoms with Crippen LogP contribution in [0.2, 0.25) is 0 Å². The molecule has 21 heavy (non-hydrogen) atoms. The molecule has 1 heterocycles. The number of hydrogen-bond donors (Lipinski definition) is 1. The Balaban J connectivity index is 2.17. The number of aryl methyl sites for hydroxylation is 2. The number of rotatable bonds is 6. The van der Waals surface area contributed by atoms with Crippen molar-refractivity contribution in [2.75, 3.05) is 13.6 Å². The van der Waals surface area contributed by atoms with Crippen LogP contribution in [0.1, 0.15) is 34.8 Å². The van der Waals surface area contributed by atoms with Crippen LogP contribution in [0.5, 0.6) is 0 Å². The monoisotopic (exact) mass is 287 g/mol. The van der Waals surface area contributed by atoms with E-state index >= 15 is 0 Å². The maximum absolute atomic E-state index is 13.7. The lowest BCUT2D eigenvalue weighted by atomic mass is 10.1. The quantitative estimate of drug-likeness (QED) is 0.830. The van der Waals surface area contributed by atoms with Gasteiger partial charge in [0, 0.05) is 17.8 Å². The Bertz CT molecular complexity index is 588. The number of halogens is 1. The highest BCUT2D eigenvalue weighted by Gasteiger charge is 2.10. The second-order valence-corrected chi connectivity index (χ2v) is 5.26. The van der Waals surface area contributed by atoms with E-state index in [1.54, 1.807) is 12.1 Å². The first-order valence-corrected chi connectivity index (χ1v) is 7.32. The van der Waals surface area contributed by atoms with Crippen molar-refractivity contribution in [3.8, 4) is 0 Å². The predicted molar refractivity (Wildman–Crippen MR) is 83.0 cm³/mol. The maximum atomic E-state index is 13.7. The predicted octanol–water partition coefficient (Wildman–Crippen LogP) is 2.98. The van der Waals surface area contributed by atoms with Gasteiger partial charge in [0.05, 0.1) is 0 Å². The van der Waals surface area contributed by atoms with Gasteiger partial charge in [-0.05, 0) is 57.5 Å². The van der Waals surface area contributed by atoms with Crippen LogP contribution in [-0.2, 0) is 12.8 Å². The van der Waals surface area contributed by atoms with Crippen LogP contribution < -0.4 is 5.32 Å². The molecule has 0 radical (unpaired) electrons. The van der Waals surface area contributed by atoms with E-state index in [1.807, 2.05) is 27.0 Å². The van der Waals surface area contributed by atoms with Crippen LogP contribution >= 0.6 is 0 Å². The molecule has 0 saturated carbocycles. The van der Waals surface area contributed by atoms with Crippen molar-refractivity contribution >= 4 is 0 Å². The first-order chi connectivity index (χ1) is 10.1. The second-order valence-electron chi connectivity index (χ2n) is 5.26. The molecule has 0 unspecified atom stereocenters. The molecule has 0 aliphatic rings. The summed E-state index contributed by atoms with van der Waals surface area (Å²) >= 11 is 0. The lowest BCUT2D eigenvalue weighted by Gasteiger charge is -2.11. The number of hydrogen-bond acceptors (Lipinski definition) is 3. The smallest absolute Gasteiger partial charge is 0.133 e. The van der Waals surface area contributed by atoms with Crippen molar-refractivity contribution in [3.05, 3.63) is 58.4 Å². The maximum Gasteiger partial charge on any atom is 0.133 e. The minimum Gasteiger partial charge on any atom is -0.320 e. The van der Waals surface area contributed by atoms with Crippen molar-refractivity contribution in [1.29, 1.82) is 0 Å². The summed E-state index contributed by atoms with van der Waals surface area (Å²) in [6.07, 6.45) is 2.47. The van der Waals surface area contributed by atoms with Crippen molar-refractivity contribution in [3.63, 3.8) is 0 Å². The molecule has 0 aliphatic carbocycles. The van der Waals surface area contributed by atoms with Gasteiger partial charge in [-0.2, -0.15) is 0 Å². The summed E-state index contributed by atoms with van der Waals surface area (Å²) in [6, 6.07) is 6.79. The van der Waals surface area contributed by atoms with Crippen molar-refractivity contribution in [2.24, 2.45) is 0 Å². The third kappa shape index (κ3) is 4.08. The Kier molecular flexibility index (Phi) is 5.39. The zero-order valence-electron chi connectivity index (χ0n) is 12.9. The molecule has 0 bridgehead atoms. The minimum atomic E-state index is -0.200. The zero-order valence-corrected chi connectivity index (χ0v) is 12.9. The average molecular weight is 287 g/mol. The second kappa shape index (κ2) is 7.27. The first-order valence-electron chi connectivity index (χ1n) is 7.32. The Labute approximate surface area is 125 Å². The minimum absolute atomic E-state index is 0.200. The fourth-order valence-corrected chi connectivity index (χ4v) is 2.50. The molecule has 2 aromatic rings. The Morgan fingerprint density at radius 2 is 1.76 bits per heavy atom. The van der Waals surface area contributed by atoms with E-state index in [2.05, 4.69) is 15.3 Å². The molecule has 0 fully saturated rings. The third-order valence-electron chi connectivity index (χ3n) is 3.63. The molecule has 3 nitrogen and oxygen atoms in total. The highest BCUT2D eigenvalue weighted by Crippen LogP contribution is 2.16. The van der Waals surface area contributed by atoms with Crippen molar-refractivity contribution in [1.82, 2.24) is 15.3 Å². The molecule has 0 spiro atoms. The highest BCUT2D eigenvalue weighted by molar-refractivity contribution is 5.27. The molecule has 2 rings (SSSR count). The van der Waals surface area contributed by atoms with Crippen LogP contribution in [0.15, 0.2) is 24.3 Å². The van der Waals surface area contributed by atoms with Gasteiger partial charge in [-0.1, -0.05) is 18.2 Å². The standard InChI is InChI=1S/C17H22FN3/c1-12-15(8-6-10-19-3)13(2)21-17(20-12)11-14-7-4-5-9-16(14)18/h4-5,7,9,19H,6,8,10-11H2,1-3H3. The van der Waals surface area contributed by atoms with E-state index in [0.29, 0.717) is 17.8 Å². The van der Waals surface area contributed by atoms with E-state index in [-0.39, 0.29) is 5.82 Å². The third-order valence-corrected chi connectivity index (χ3v) is 3.63. The van der Waals surface area contributed by atoms with E-state index in [4.69, 9.17) is 0 Å². The van der Waals surface area contributed by atoms with E-state index in [9.17, 15) is 4.39 Å². The number of nitrogens with one attached hydrogen (secondary N) is 1. The van der Waals surface area contributed by atoms with Crippen LogP contribution in [-0.4, -0.2) is 23.6 Å². The molecule has 0 aliphatic heterocycles. The van der Waals surface area contributed by atoms with Crippen molar-refractivity contribution < 1.29 is 4.39 Å². The summed E-state index contributed by atoms with van der Waals surface area (Å²) in [7, 11) is 1.95. The summed E-state index contributed by atoms with van der Waals surface area (Å²) in [4.78, 5) is 9.10. The molecule has 112 valence electrons.